The van der Waals surface area contributed by atoms with Crippen LogP contribution in [0.1, 0.15) is 41.8 Å². The predicted molar refractivity (Wildman–Crippen MR) is 93.4 cm³/mol. The Kier molecular flexibility index (Phi) is 5.24. The van der Waals surface area contributed by atoms with Crippen LogP contribution < -0.4 is 5.32 Å². The molecule has 0 bridgehead atoms. The largest absolute Gasteiger partial charge is 0.457 e. The highest BCUT2D eigenvalue weighted by molar-refractivity contribution is 9.11. The molecule has 2 fully saturated rings. The number of thiophene rings is 1. The zero-order valence-corrected chi connectivity index (χ0v) is 15.8. The van der Waals surface area contributed by atoms with Crippen molar-refractivity contribution in [1.82, 2.24) is 10.2 Å². The average molecular weight is 429 g/mol. The van der Waals surface area contributed by atoms with Crippen LogP contribution in [0.3, 0.4) is 0 Å². The maximum Gasteiger partial charge on any atom is 0.325 e. The van der Waals surface area contributed by atoms with Crippen LogP contribution in [0.5, 0.6) is 0 Å². The van der Waals surface area contributed by atoms with Crippen molar-refractivity contribution in [2.45, 2.75) is 37.6 Å². The van der Waals surface area contributed by atoms with Crippen molar-refractivity contribution in [3.63, 3.8) is 0 Å². The third kappa shape index (κ3) is 3.77. The first-order valence-corrected chi connectivity index (χ1v) is 9.60. The molecule has 1 spiro atoms. The predicted octanol–water partition coefficient (Wildman–Crippen LogP) is 2.49. The van der Waals surface area contributed by atoms with Gasteiger partial charge < -0.3 is 10.1 Å². The van der Waals surface area contributed by atoms with E-state index in [9.17, 15) is 19.2 Å². The minimum absolute atomic E-state index is 0.0377. The topological polar surface area (TPSA) is 92.8 Å². The summed E-state index contributed by atoms with van der Waals surface area (Å²) in [6, 6.07) is 2.94. The Balaban J connectivity index is 1.47. The quantitative estimate of drug-likeness (QED) is 0.426. The molecule has 1 aliphatic carbocycles. The van der Waals surface area contributed by atoms with Gasteiger partial charge in [-0.05, 0) is 40.9 Å². The fraction of sp³-hybridized carbons (Fsp3) is 0.500. The number of ketones is 1. The van der Waals surface area contributed by atoms with E-state index in [4.69, 9.17) is 4.74 Å². The molecule has 134 valence electrons. The van der Waals surface area contributed by atoms with Gasteiger partial charge in [-0.3, -0.25) is 19.3 Å². The number of Topliss-reactive ketones (excluding diaryl/α,β-unsaturated/α-hetero) is 1. The first kappa shape index (κ1) is 18.1. The second kappa shape index (κ2) is 7.25. The van der Waals surface area contributed by atoms with E-state index in [1.165, 1.54) is 11.3 Å². The van der Waals surface area contributed by atoms with Crippen molar-refractivity contribution < 1.29 is 23.9 Å². The Bertz CT molecular complexity index is 726. The van der Waals surface area contributed by atoms with Gasteiger partial charge in [0.2, 0.25) is 5.78 Å². The molecular weight excluding hydrogens is 412 g/mol. The van der Waals surface area contributed by atoms with Gasteiger partial charge in [0, 0.05) is 6.54 Å². The summed E-state index contributed by atoms with van der Waals surface area (Å²) < 4.78 is 5.77. The molecule has 9 heteroatoms. The normalized spacial score (nSPS) is 18.7. The van der Waals surface area contributed by atoms with E-state index >= 15 is 0 Å². The van der Waals surface area contributed by atoms with Crippen molar-refractivity contribution in [2.75, 3.05) is 13.2 Å². The van der Waals surface area contributed by atoms with Crippen molar-refractivity contribution in [3.05, 3.63) is 20.8 Å². The number of carbonyl (C=O) groups excluding carboxylic acids is 4. The number of esters is 1. The number of hydrogen-bond acceptors (Lipinski definition) is 6. The monoisotopic (exact) mass is 428 g/mol. The Morgan fingerprint density at radius 2 is 2.00 bits per heavy atom. The second-order valence-corrected chi connectivity index (χ2v) is 8.58. The van der Waals surface area contributed by atoms with E-state index in [2.05, 4.69) is 21.2 Å². The van der Waals surface area contributed by atoms with Crippen molar-refractivity contribution in [2.24, 2.45) is 0 Å². The number of amides is 3. The van der Waals surface area contributed by atoms with Crippen LogP contribution in [0.4, 0.5) is 4.79 Å². The van der Waals surface area contributed by atoms with E-state index in [-0.39, 0.29) is 31.3 Å². The molecule has 1 saturated heterocycles. The summed E-state index contributed by atoms with van der Waals surface area (Å²) >= 11 is 4.53. The number of carbonyl (C=O) groups is 4. The van der Waals surface area contributed by atoms with Gasteiger partial charge in [-0.25, -0.2) is 4.79 Å². The highest BCUT2D eigenvalue weighted by Gasteiger charge is 2.52. The van der Waals surface area contributed by atoms with E-state index in [1.807, 2.05) is 0 Å². The fourth-order valence-electron chi connectivity index (χ4n) is 3.15. The van der Waals surface area contributed by atoms with Crippen molar-refractivity contribution >= 4 is 51.0 Å². The molecule has 3 rings (SSSR count). The summed E-state index contributed by atoms with van der Waals surface area (Å²) in [5.74, 6) is -1.16. The molecule has 1 aromatic rings. The number of halogens is 1. The van der Waals surface area contributed by atoms with Gasteiger partial charge in [-0.15, -0.1) is 11.3 Å². The lowest BCUT2D eigenvalue weighted by Crippen LogP contribution is -2.44. The van der Waals surface area contributed by atoms with Crippen LogP contribution in [0.2, 0.25) is 0 Å². The average Bonchev–Trinajstić information content (AvgIpc) is 3.27. The molecule has 1 N–H and O–H groups in total. The molecule has 0 unspecified atom stereocenters. The molecular formula is C16H17BrN2O5S. The molecule has 1 aliphatic heterocycles. The summed E-state index contributed by atoms with van der Waals surface area (Å²) in [5, 5.41) is 2.76. The number of nitrogens with one attached hydrogen (secondary N) is 1. The summed E-state index contributed by atoms with van der Waals surface area (Å²) in [5.41, 5.74) is -0.774. The number of urea groups is 1. The Morgan fingerprint density at radius 1 is 1.28 bits per heavy atom. The molecule has 2 aliphatic rings. The lowest BCUT2D eigenvalue weighted by molar-refractivity contribution is -0.143. The zero-order chi connectivity index (χ0) is 18.0. The van der Waals surface area contributed by atoms with Gasteiger partial charge in [-0.1, -0.05) is 12.8 Å². The number of hydrogen-bond donors (Lipinski definition) is 1. The molecule has 0 aromatic carbocycles. The minimum atomic E-state index is -0.774. The van der Waals surface area contributed by atoms with Crippen LogP contribution in [0.25, 0.3) is 0 Å². The lowest BCUT2D eigenvalue weighted by Gasteiger charge is -2.19. The van der Waals surface area contributed by atoms with Crippen LogP contribution >= 0.6 is 27.3 Å². The lowest BCUT2D eigenvalue weighted by atomic mass is 9.98. The molecule has 25 heavy (non-hydrogen) atoms. The van der Waals surface area contributed by atoms with Crippen LogP contribution in [0, 0.1) is 0 Å². The first-order valence-electron chi connectivity index (χ1n) is 7.99. The van der Waals surface area contributed by atoms with Gasteiger partial charge >= 0.3 is 12.0 Å². The fourth-order valence-corrected chi connectivity index (χ4v) is 4.46. The molecule has 0 radical (unpaired) electrons. The molecule has 0 atom stereocenters. The van der Waals surface area contributed by atoms with Gasteiger partial charge in [0.05, 0.1) is 15.1 Å². The SMILES string of the molecule is O=C(CCN1C(=O)NC2(CCCC2)C1=O)OCC(=O)c1ccc(Br)s1. The molecule has 2 heterocycles. The van der Waals surface area contributed by atoms with E-state index in [0.29, 0.717) is 17.7 Å². The number of nitrogens with zero attached hydrogens (tertiary/aromatic N) is 1. The number of rotatable bonds is 6. The number of imide groups is 1. The Morgan fingerprint density at radius 3 is 2.64 bits per heavy atom. The third-order valence-corrected chi connectivity index (χ3v) is 6.12. The van der Waals surface area contributed by atoms with Gasteiger partial charge in [-0.2, -0.15) is 0 Å². The Hall–Kier alpha value is -1.74. The minimum Gasteiger partial charge on any atom is -0.457 e. The third-order valence-electron chi connectivity index (χ3n) is 4.45. The van der Waals surface area contributed by atoms with Crippen molar-refractivity contribution in [3.8, 4) is 0 Å². The summed E-state index contributed by atoms with van der Waals surface area (Å²) in [4.78, 5) is 49.7. The van der Waals surface area contributed by atoms with E-state index in [0.717, 1.165) is 21.5 Å². The molecule has 3 amide bonds. The first-order chi connectivity index (χ1) is 11.9. The summed E-state index contributed by atoms with van der Waals surface area (Å²) in [6.45, 7) is -0.389. The molecule has 1 aromatic heterocycles. The van der Waals surface area contributed by atoms with E-state index in [1.54, 1.807) is 12.1 Å². The standard InChI is InChI=1S/C16H17BrN2O5S/c17-12-4-3-11(25-12)10(20)9-24-13(21)5-8-19-14(22)16(18-15(19)23)6-1-2-7-16/h3-4H,1-2,5-9H2,(H,18,23). The highest BCUT2D eigenvalue weighted by Crippen LogP contribution is 2.35. The number of ether oxygens (including phenoxy) is 1. The van der Waals surface area contributed by atoms with Gasteiger partial charge in [0.1, 0.15) is 5.54 Å². The van der Waals surface area contributed by atoms with Crippen molar-refractivity contribution in [1.29, 1.82) is 0 Å². The van der Waals surface area contributed by atoms with Crippen LogP contribution in [-0.2, 0) is 14.3 Å². The highest BCUT2D eigenvalue weighted by atomic mass is 79.9. The maximum absolute atomic E-state index is 12.4. The second-order valence-electron chi connectivity index (χ2n) is 6.11. The van der Waals surface area contributed by atoms with Crippen LogP contribution in [-0.4, -0.2) is 47.3 Å². The summed E-state index contributed by atoms with van der Waals surface area (Å²) in [7, 11) is 0. The van der Waals surface area contributed by atoms with E-state index < -0.39 is 17.5 Å². The smallest absolute Gasteiger partial charge is 0.325 e. The maximum atomic E-state index is 12.4. The van der Waals surface area contributed by atoms with Gasteiger partial charge in [0.15, 0.2) is 6.61 Å². The van der Waals surface area contributed by atoms with Crippen LogP contribution in [0.15, 0.2) is 15.9 Å². The zero-order valence-electron chi connectivity index (χ0n) is 13.4. The summed E-state index contributed by atoms with van der Waals surface area (Å²) in [6.07, 6.45) is 2.97. The Labute approximate surface area is 156 Å². The molecule has 7 nitrogen and oxygen atoms in total. The molecule has 1 saturated carbocycles. The van der Waals surface area contributed by atoms with Gasteiger partial charge in [0.25, 0.3) is 5.91 Å².